The second-order valence-corrected chi connectivity index (χ2v) is 6.76. The molecule has 0 bridgehead atoms. The number of thiophene rings is 1. The van der Waals surface area contributed by atoms with Crippen molar-refractivity contribution in [1.29, 1.82) is 0 Å². The first-order valence-electron chi connectivity index (χ1n) is 7.61. The highest BCUT2D eigenvalue weighted by molar-refractivity contribution is 7.19. The van der Waals surface area contributed by atoms with E-state index in [4.69, 9.17) is 0 Å². The van der Waals surface area contributed by atoms with Crippen molar-refractivity contribution in [3.63, 3.8) is 0 Å². The Morgan fingerprint density at radius 3 is 2.70 bits per heavy atom. The summed E-state index contributed by atoms with van der Waals surface area (Å²) in [5.74, 6) is -0.125. The Kier molecular flexibility index (Phi) is 6.12. The lowest BCUT2D eigenvalue weighted by Crippen LogP contribution is -2.28. The molecule has 2 N–H and O–H groups in total. The summed E-state index contributed by atoms with van der Waals surface area (Å²) in [4.78, 5) is 25.5. The lowest BCUT2D eigenvalue weighted by Gasteiger charge is -2.11. The maximum atomic E-state index is 11.8. The zero-order chi connectivity index (χ0) is 16.8. The molecule has 0 radical (unpaired) electrons. The van der Waals surface area contributed by atoms with E-state index in [-0.39, 0.29) is 18.4 Å². The molecule has 0 fully saturated rings. The summed E-state index contributed by atoms with van der Waals surface area (Å²) in [7, 11) is 3.40. The molecule has 2 amide bonds. The van der Waals surface area contributed by atoms with E-state index in [1.165, 1.54) is 16.2 Å². The number of fused-ring (bicyclic) bond motifs is 1. The third kappa shape index (κ3) is 5.04. The van der Waals surface area contributed by atoms with Gasteiger partial charge in [0.1, 0.15) is 6.10 Å². The minimum Gasteiger partial charge on any atom is -0.386 e. The molecule has 0 aliphatic heterocycles. The molecule has 0 saturated carbocycles. The van der Waals surface area contributed by atoms with Crippen molar-refractivity contribution in [2.45, 2.75) is 25.4 Å². The summed E-state index contributed by atoms with van der Waals surface area (Å²) in [5.41, 5.74) is 0. The number of nitrogens with zero attached hydrogens (tertiary/aromatic N) is 1. The average molecular weight is 334 g/mol. The van der Waals surface area contributed by atoms with Crippen LogP contribution in [0.1, 0.15) is 30.2 Å². The molecule has 1 atom stereocenters. The van der Waals surface area contributed by atoms with Crippen LogP contribution in [-0.2, 0) is 9.59 Å². The molecule has 1 aromatic carbocycles. The van der Waals surface area contributed by atoms with Gasteiger partial charge in [0, 0.05) is 43.1 Å². The number of rotatable bonds is 7. The van der Waals surface area contributed by atoms with Gasteiger partial charge in [0.2, 0.25) is 11.8 Å². The smallest absolute Gasteiger partial charge is 0.222 e. The van der Waals surface area contributed by atoms with Crippen LogP contribution in [0.15, 0.2) is 30.3 Å². The summed E-state index contributed by atoms with van der Waals surface area (Å²) >= 11 is 1.53. The number of benzene rings is 1. The Hall–Kier alpha value is -1.92. The van der Waals surface area contributed by atoms with Crippen molar-refractivity contribution >= 4 is 33.2 Å². The molecule has 0 aliphatic carbocycles. The highest BCUT2D eigenvalue weighted by atomic mass is 32.1. The lowest BCUT2D eigenvalue weighted by atomic mass is 10.2. The second kappa shape index (κ2) is 8.08. The number of hydrogen-bond acceptors (Lipinski definition) is 4. The van der Waals surface area contributed by atoms with Crippen LogP contribution < -0.4 is 5.32 Å². The van der Waals surface area contributed by atoms with E-state index < -0.39 is 6.10 Å². The molecule has 124 valence electrons. The van der Waals surface area contributed by atoms with Gasteiger partial charge in [-0.2, -0.15) is 0 Å². The predicted molar refractivity (Wildman–Crippen MR) is 92.3 cm³/mol. The predicted octanol–water partition coefficient (Wildman–Crippen LogP) is 2.31. The van der Waals surface area contributed by atoms with Crippen LogP contribution in [0.5, 0.6) is 0 Å². The van der Waals surface area contributed by atoms with Gasteiger partial charge in [0.05, 0.1) is 0 Å². The number of carbonyl (C=O) groups is 2. The van der Waals surface area contributed by atoms with Gasteiger partial charge in [-0.15, -0.1) is 11.3 Å². The van der Waals surface area contributed by atoms with Crippen molar-refractivity contribution in [3.8, 4) is 0 Å². The summed E-state index contributed by atoms with van der Waals surface area (Å²) < 4.78 is 1.12. The zero-order valence-corrected chi connectivity index (χ0v) is 14.2. The second-order valence-electron chi connectivity index (χ2n) is 5.65. The number of nitrogens with one attached hydrogen (secondary N) is 1. The number of aliphatic hydroxyl groups is 1. The molecule has 23 heavy (non-hydrogen) atoms. The van der Waals surface area contributed by atoms with Crippen LogP contribution in [-0.4, -0.2) is 42.5 Å². The topological polar surface area (TPSA) is 69.6 Å². The van der Waals surface area contributed by atoms with Crippen LogP contribution in [0.3, 0.4) is 0 Å². The minimum absolute atomic E-state index is 0.0168. The van der Waals surface area contributed by atoms with Crippen LogP contribution in [0, 0.1) is 0 Å². The van der Waals surface area contributed by atoms with E-state index in [1.807, 2.05) is 30.3 Å². The maximum absolute atomic E-state index is 11.8. The van der Waals surface area contributed by atoms with Crippen LogP contribution in [0.25, 0.3) is 10.1 Å². The highest BCUT2D eigenvalue weighted by Gasteiger charge is 2.13. The SMILES string of the molecule is CN(C)C(=O)CCCC(=O)NCC(O)c1cc2ccccc2s1. The molecular formula is C17H22N2O3S. The maximum Gasteiger partial charge on any atom is 0.222 e. The number of carbonyl (C=O) groups excluding carboxylic acids is 2. The normalized spacial score (nSPS) is 12.1. The van der Waals surface area contributed by atoms with Gasteiger partial charge < -0.3 is 15.3 Å². The Bertz CT molecular complexity index is 648. The van der Waals surface area contributed by atoms with Crippen molar-refractivity contribution in [3.05, 3.63) is 35.2 Å². The van der Waals surface area contributed by atoms with E-state index in [0.29, 0.717) is 19.3 Å². The summed E-state index contributed by atoms with van der Waals surface area (Å²) in [6.45, 7) is 0.188. The third-order valence-corrected chi connectivity index (χ3v) is 4.78. The van der Waals surface area contributed by atoms with Gasteiger partial charge >= 0.3 is 0 Å². The minimum atomic E-state index is -0.709. The molecule has 1 unspecified atom stereocenters. The van der Waals surface area contributed by atoms with E-state index in [9.17, 15) is 14.7 Å². The van der Waals surface area contributed by atoms with Gasteiger partial charge in [0.25, 0.3) is 0 Å². The molecule has 0 aliphatic rings. The number of hydrogen-bond donors (Lipinski definition) is 2. The third-order valence-electron chi connectivity index (χ3n) is 3.56. The largest absolute Gasteiger partial charge is 0.386 e. The molecule has 2 rings (SSSR count). The monoisotopic (exact) mass is 334 g/mol. The first-order chi connectivity index (χ1) is 11.0. The number of amides is 2. The van der Waals surface area contributed by atoms with E-state index in [2.05, 4.69) is 5.32 Å². The first-order valence-corrected chi connectivity index (χ1v) is 8.42. The van der Waals surface area contributed by atoms with Gasteiger partial charge in [-0.1, -0.05) is 18.2 Å². The van der Waals surface area contributed by atoms with Crippen molar-refractivity contribution in [1.82, 2.24) is 10.2 Å². The quantitative estimate of drug-likeness (QED) is 0.816. The molecular weight excluding hydrogens is 312 g/mol. The van der Waals surface area contributed by atoms with Crippen molar-refractivity contribution in [2.24, 2.45) is 0 Å². The molecule has 0 saturated heterocycles. The van der Waals surface area contributed by atoms with Gasteiger partial charge in [-0.05, 0) is 23.9 Å². The Morgan fingerprint density at radius 2 is 2.00 bits per heavy atom. The fraction of sp³-hybridized carbons (Fsp3) is 0.412. The van der Waals surface area contributed by atoms with Crippen molar-refractivity contribution in [2.75, 3.05) is 20.6 Å². The Labute approximate surface area is 139 Å². The molecule has 2 aromatic rings. The highest BCUT2D eigenvalue weighted by Crippen LogP contribution is 2.29. The summed E-state index contributed by atoms with van der Waals surface area (Å²) in [5, 5.41) is 14.0. The van der Waals surface area contributed by atoms with E-state index >= 15 is 0 Å². The van der Waals surface area contributed by atoms with Gasteiger partial charge in [0.15, 0.2) is 0 Å². The van der Waals surface area contributed by atoms with E-state index in [0.717, 1.165) is 15.0 Å². The van der Waals surface area contributed by atoms with Crippen LogP contribution in [0.2, 0.25) is 0 Å². The summed E-state index contributed by atoms with van der Waals surface area (Å²) in [6.07, 6.45) is 0.458. The number of aliphatic hydroxyl groups excluding tert-OH is 1. The fourth-order valence-electron chi connectivity index (χ4n) is 2.19. The molecule has 1 heterocycles. The molecule has 6 heteroatoms. The fourth-order valence-corrected chi connectivity index (χ4v) is 3.24. The standard InChI is InChI=1S/C17H22N2O3S/c1-19(2)17(22)9-5-8-16(21)18-11-13(20)15-10-12-6-3-4-7-14(12)23-15/h3-4,6-7,10,13,20H,5,8-9,11H2,1-2H3,(H,18,21). The summed E-state index contributed by atoms with van der Waals surface area (Å²) in [6, 6.07) is 9.89. The van der Waals surface area contributed by atoms with Crippen LogP contribution in [0.4, 0.5) is 0 Å². The van der Waals surface area contributed by atoms with Crippen molar-refractivity contribution < 1.29 is 14.7 Å². The Morgan fingerprint density at radius 1 is 1.26 bits per heavy atom. The van der Waals surface area contributed by atoms with E-state index in [1.54, 1.807) is 14.1 Å². The molecule has 0 spiro atoms. The lowest BCUT2D eigenvalue weighted by molar-refractivity contribution is -0.129. The molecule has 5 nitrogen and oxygen atoms in total. The zero-order valence-electron chi connectivity index (χ0n) is 13.4. The molecule has 1 aromatic heterocycles. The van der Waals surface area contributed by atoms with Gasteiger partial charge in [-0.3, -0.25) is 9.59 Å². The van der Waals surface area contributed by atoms with Gasteiger partial charge in [-0.25, -0.2) is 0 Å². The Balaban J connectivity index is 1.76. The van der Waals surface area contributed by atoms with Crippen LogP contribution >= 0.6 is 11.3 Å². The average Bonchev–Trinajstić information content (AvgIpc) is 2.96. The first kappa shape index (κ1) is 17.4.